The third-order valence-electron chi connectivity index (χ3n) is 2.01. The average molecular weight is 255 g/mol. The molecule has 2 rings (SSSR count). The number of pyridine rings is 1. The molecule has 0 aromatic carbocycles. The maximum Gasteiger partial charge on any atom is 0.125 e. The molecule has 16 heavy (non-hydrogen) atoms. The maximum absolute atomic E-state index is 5.83. The molecule has 0 aliphatic heterocycles. The van der Waals surface area contributed by atoms with Gasteiger partial charge in [0, 0.05) is 13.2 Å². The fraction of sp³-hybridized carbons (Fsp3) is 0.200. The molecule has 0 unspecified atom stereocenters. The van der Waals surface area contributed by atoms with Gasteiger partial charge in [-0.15, -0.1) is 0 Å². The van der Waals surface area contributed by atoms with Crippen LogP contribution in [-0.2, 0) is 7.05 Å². The normalized spacial score (nSPS) is 10.7. The third kappa shape index (κ3) is 2.31. The fourth-order valence-electron chi connectivity index (χ4n) is 1.31. The Labute approximate surface area is 103 Å². The molecule has 0 fully saturated rings. The molecule has 2 heterocycles. The van der Waals surface area contributed by atoms with Crippen LogP contribution >= 0.6 is 23.4 Å². The van der Waals surface area contributed by atoms with Crippen molar-refractivity contribution in [1.82, 2.24) is 14.8 Å². The Balaban J connectivity index is 2.30. The van der Waals surface area contributed by atoms with Crippen LogP contribution in [0.15, 0.2) is 28.4 Å². The van der Waals surface area contributed by atoms with Crippen molar-refractivity contribution >= 4 is 29.1 Å². The maximum atomic E-state index is 5.83. The van der Waals surface area contributed by atoms with Crippen LogP contribution in [0.3, 0.4) is 0 Å². The first-order valence-electron chi connectivity index (χ1n) is 4.66. The smallest absolute Gasteiger partial charge is 0.125 e. The van der Waals surface area contributed by atoms with E-state index in [2.05, 4.69) is 10.1 Å². The standard InChI is InChI=1S/C10H11ClN4S/c1-6-3-9(15(2)14-6)16-10-8(12)4-7(11)5-13-10/h3-5H,12H2,1-2H3. The summed E-state index contributed by atoms with van der Waals surface area (Å²) in [4.78, 5) is 4.19. The number of aromatic nitrogens is 3. The van der Waals surface area contributed by atoms with Gasteiger partial charge in [0.15, 0.2) is 0 Å². The van der Waals surface area contributed by atoms with E-state index in [0.29, 0.717) is 10.7 Å². The van der Waals surface area contributed by atoms with Gasteiger partial charge in [0.25, 0.3) is 0 Å². The van der Waals surface area contributed by atoms with Crippen LogP contribution in [0.4, 0.5) is 5.69 Å². The zero-order chi connectivity index (χ0) is 11.7. The van der Waals surface area contributed by atoms with Crippen molar-refractivity contribution in [1.29, 1.82) is 0 Å². The molecule has 0 bridgehead atoms. The Morgan fingerprint density at radius 1 is 1.44 bits per heavy atom. The summed E-state index contributed by atoms with van der Waals surface area (Å²) in [6.45, 7) is 1.95. The summed E-state index contributed by atoms with van der Waals surface area (Å²) in [6, 6.07) is 3.68. The van der Waals surface area contributed by atoms with Gasteiger partial charge in [-0.05, 0) is 30.8 Å². The summed E-state index contributed by atoms with van der Waals surface area (Å²) >= 11 is 7.26. The summed E-state index contributed by atoms with van der Waals surface area (Å²) < 4.78 is 1.80. The number of hydrogen-bond donors (Lipinski definition) is 1. The molecule has 2 aromatic rings. The second-order valence-corrected chi connectivity index (χ2v) is 4.84. The Kier molecular flexibility index (Phi) is 3.07. The van der Waals surface area contributed by atoms with Gasteiger partial charge in [0.2, 0.25) is 0 Å². The van der Waals surface area contributed by atoms with Crippen molar-refractivity contribution in [2.45, 2.75) is 17.0 Å². The van der Waals surface area contributed by atoms with E-state index in [0.717, 1.165) is 15.7 Å². The number of halogens is 1. The lowest BCUT2D eigenvalue weighted by molar-refractivity contribution is 0.692. The van der Waals surface area contributed by atoms with Gasteiger partial charge in [0.1, 0.15) is 10.1 Å². The van der Waals surface area contributed by atoms with Gasteiger partial charge in [-0.25, -0.2) is 4.98 Å². The molecule has 4 nitrogen and oxygen atoms in total. The number of aryl methyl sites for hydroxylation is 2. The first-order valence-corrected chi connectivity index (χ1v) is 5.85. The Bertz CT molecular complexity index is 524. The van der Waals surface area contributed by atoms with E-state index < -0.39 is 0 Å². The topological polar surface area (TPSA) is 56.7 Å². The molecule has 0 radical (unpaired) electrons. The highest BCUT2D eigenvalue weighted by molar-refractivity contribution is 7.99. The van der Waals surface area contributed by atoms with Crippen LogP contribution < -0.4 is 5.73 Å². The van der Waals surface area contributed by atoms with Crippen LogP contribution in [0, 0.1) is 6.92 Å². The summed E-state index contributed by atoms with van der Waals surface area (Å²) in [6.07, 6.45) is 1.59. The Hall–Kier alpha value is -1.20. The minimum atomic E-state index is 0.544. The van der Waals surface area contributed by atoms with Crippen LogP contribution in [0.2, 0.25) is 5.02 Å². The Morgan fingerprint density at radius 2 is 2.19 bits per heavy atom. The number of anilines is 1. The van der Waals surface area contributed by atoms with Gasteiger partial charge in [-0.2, -0.15) is 5.10 Å². The molecule has 2 aromatic heterocycles. The summed E-state index contributed by atoms with van der Waals surface area (Å²) in [5, 5.41) is 6.54. The van der Waals surface area contributed by atoms with Crippen molar-refractivity contribution < 1.29 is 0 Å². The SMILES string of the molecule is Cc1cc(Sc2ncc(Cl)cc2N)n(C)n1. The van der Waals surface area contributed by atoms with Crippen molar-refractivity contribution in [2.24, 2.45) is 7.05 Å². The van der Waals surface area contributed by atoms with Crippen molar-refractivity contribution in [3.05, 3.63) is 29.0 Å². The molecular weight excluding hydrogens is 244 g/mol. The Morgan fingerprint density at radius 3 is 2.75 bits per heavy atom. The van der Waals surface area contributed by atoms with Gasteiger partial charge in [-0.1, -0.05) is 11.6 Å². The van der Waals surface area contributed by atoms with E-state index in [9.17, 15) is 0 Å². The summed E-state index contributed by atoms with van der Waals surface area (Å²) in [7, 11) is 1.89. The molecule has 0 spiro atoms. The molecular formula is C10H11ClN4S. The molecule has 0 aliphatic carbocycles. The van der Waals surface area contributed by atoms with Crippen LogP contribution in [0.5, 0.6) is 0 Å². The zero-order valence-corrected chi connectivity index (χ0v) is 10.5. The molecule has 0 saturated carbocycles. The van der Waals surface area contributed by atoms with Gasteiger partial charge in [-0.3, -0.25) is 4.68 Å². The molecule has 0 saturated heterocycles. The van der Waals surface area contributed by atoms with Gasteiger partial charge in [0.05, 0.1) is 16.4 Å². The first-order chi connectivity index (χ1) is 7.56. The molecule has 2 N–H and O–H groups in total. The largest absolute Gasteiger partial charge is 0.396 e. The molecule has 0 aliphatic rings. The molecule has 0 amide bonds. The number of hydrogen-bond acceptors (Lipinski definition) is 4. The van der Waals surface area contributed by atoms with Crippen molar-refractivity contribution in [3.8, 4) is 0 Å². The monoisotopic (exact) mass is 254 g/mol. The lowest BCUT2D eigenvalue weighted by atomic mass is 10.4. The summed E-state index contributed by atoms with van der Waals surface area (Å²) in [5.41, 5.74) is 7.38. The number of nitrogens with two attached hydrogens (primary N) is 1. The predicted octanol–water partition coefficient (Wildman–Crippen LogP) is 2.51. The minimum Gasteiger partial charge on any atom is -0.396 e. The van der Waals surface area contributed by atoms with Crippen molar-refractivity contribution in [2.75, 3.05) is 5.73 Å². The van der Waals surface area contributed by atoms with E-state index >= 15 is 0 Å². The van der Waals surface area contributed by atoms with Crippen LogP contribution in [0.1, 0.15) is 5.69 Å². The van der Waals surface area contributed by atoms with Crippen molar-refractivity contribution in [3.63, 3.8) is 0 Å². The minimum absolute atomic E-state index is 0.544. The van der Waals surface area contributed by atoms with E-state index in [-0.39, 0.29) is 0 Å². The van der Waals surface area contributed by atoms with Crippen LogP contribution in [-0.4, -0.2) is 14.8 Å². The highest BCUT2D eigenvalue weighted by atomic mass is 35.5. The van der Waals surface area contributed by atoms with E-state index in [4.69, 9.17) is 17.3 Å². The molecule has 84 valence electrons. The van der Waals surface area contributed by atoms with E-state index in [1.807, 2.05) is 20.0 Å². The van der Waals surface area contributed by atoms with Gasteiger partial charge >= 0.3 is 0 Å². The van der Waals surface area contributed by atoms with Gasteiger partial charge < -0.3 is 5.73 Å². The molecule has 0 atom stereocenters. The summed E-state index contributed by atoms with van der Waals surface area (Å²) in [5.74, 6) is 0. The van der Waals surface area contributed by atoms with E-state index in [1.165, 1.54) is 11.8 Å². The first kappa shape index (κ1) is 11.3. The third-order valence-corrected chi connectivity index (χ3v) is 3.34. The predicted molar refractivity (Wildman–Crippen MR) is 65.7 cm³/mol. The molecule has 6 heteroatoms. The number of nitrogens with zero attached hydrogens (tertiary/aromatic N) is 3. The quantitative estimate of drug-likeness (QED) is 0.895. The lowest BCUT2D eigenvalue weighted by Crippen LogP contribution is -1.95. The zero-order valence-electron chi connectivity index (χ0n) is 8.94. The number of nitrogen functional groups attached to an aromatic ring is 1. The lowest BCUT2D eigenvalue weighted by Gasteiger charge is -2.04. The number of rotatable bonds is 2. The highest BCUT2D eigenvalue weighted by Crippen LogP contribution is 2.31. The second-order valence-electron chi connectivity index (χ2n) is 3.40. The fourth-order valence-corrected chi connectivity index (χ4v) is 2.36. The average Bonchev–Trinajstić information content (AvgIpc) is 2.50. The highest BCUT2D eigenvalue weighted by Gasteiger charge is 2.08. The van der Waals surface area contributed by atoms with Crippen LogP contribution in [0.25, 0.3) is 0 Å². The van der Waals surface area contributed by atoms with E-state index in [1.54, 1.807) is 16.9 Å². The second kappa shape index (κ2) is 4.35.